The van der Waals surface area contributed by atoms with Crippen LogP contribution in [-0.2, 0) is 0 Å². The Morgan fingerprint density at radius 1 is 1.31 bits per heavy atom. The van der Waals surface area contributed by atoms with Crippen LogP contribution >= 0.6 is 11.6 Å². The number of nitrogens with one attached hydrogen (secondary N) is 1. The maximum atomic E-state index is 11.2. The van der Waals surface area contributed by atoms with E-state index in [0.29, 0.717) is 16.3 Å². The Morgan fingerprint density at radius 3 is 2.44 bits per heavy atom. The first-order chi connectivity index (χ1) is 7.61. The lowest BCUT2D eigenvalue weighted by Crippen LogP contribution is -2.11. The summed E-state index contributed by atoms with van der Waals surface area (Å²) in [5, 5.41) is 0.385. The summed E-state index contributed by atoms with van der Waals surface area (Å²) in [4.78, 5) is 14.3. The minimum atomic E-state index is -0.513. The third kappa shape index (κ3) is 1.70. The van der Waals surface area contributed by atoms with Gasteiger partial charge in [0.05, 0.1) is 16.3 Å². The Hall–Kier alpha value is -1.74. The summed E-state index contributed by atoms with van der Waals surface area (Å²) in [7, 11) is 0. The molecule has 0 saturated carbocycles. The summed E-state index contributed by atoms with van der Waals surface area (Å²) in [5.74, 6) is -0.513. The molecule has 0 saturated heterocycles. The van der Waals surface area contributed by atoms with Gasteiger partial charge < -0.3 is 10.7 Å². The predicted molar refractivity (Wildman–Crippen MR) is 64.5 cm³/mol. The molecule has 1 aromatic heterocycles. The Balaban J connectivity index is 2.61. The van der Waals surface area contributed by atoms with Gasteiger partial charge in [-0.1, -0.05) is 41.9 Å². The molecule has 0 spiro atoms. The second-order valence-electron chi connectivity index (χ2n) is 3.54. The van der Waals surface area contributed by atoms with Gasteiger partial charge >= 0.3 is 0 Å². The van der Waals surface area contributed by atoms with Crippen LogP contribution in [0.4, 0.5) is 0 Å². The lowest BCUT2D eigenvalue weighted by molar-refractivity contribution is 0.1000. The summed E-state index contributed by atoms with van der Waals surface area (Å²) >= 11 is 6.13. The molecule has 1 heterocycles. The summed E-state index contributed by atoms with van der Waals surface area (Å²) in [5.41, 5.74) is 7.98. The molecule has 1 amide bonds. The molecule has 3 nitrogen and oxygen atoms in total. The van der Waals surface area contributed by atoms with E-state index in [-0.39, 0.29) is 0 Å². The van der Waals surface area contributed by atoms with E-state index in [1.807, 2.05) is 30.3 Å². The molecule has 16 heavy (non-hydrogen) atoms. The van der Waals surface area contributed by atoms with Gasteiger partial charge in [-0.05, 0) is 12.5 Å². The number of rotatable bonds is 2. The van der Waals surface area contributed by atoms with Crippen molar-refractivity contribution >= 4 is 17.5 Å². The largest absolute Gasteiger partial charge is 0.365 e. The average Bonchev–Trinajstić information content (AvgIpc) is 2.55. The molecule has 2 aromatic rings. The lowest BCUT2D eigenvalue weighted by atomic mass is 10.1. The van der Waals surface area contributed by atoms with E-state index in [1.165, 1.54) is 0 Å². The van der Waals surface area contributed by atoms with Crippen molar-refractivity contribution in [1.29, 1.82) is 0 Å². The van der Waals surface area contributed by atoms with Gasteiger partial charge in [-0.2, -0.15) is 0 Å². The van der Waals surface area contributed by atoms with Gasteiger partial charge in [-0.3, -0.25) is 4.79 Å². The Bertz CT molecular complexity index is 531. The van der Waals surface area contributed by atoms with E-state index >= 15 is 0 Å². The molecule has 0 atom stereocenters. The molecule has 0 aliphatic heterocycles. The minimum absolute atomic E-state index is 0.362. The fourth-order valence-corrected chi connectivity index (χ4v) is 2.08. The molecule has 0 aliphatic carbocycles. The van der Waals surface area contributed by atoms with Gasteiger partial charge in [0, 0.05) is 5.69 Å². The molecule has 0 aliphatic rings. The van der Waals surface area contributed by atoms with E-state index in [9.17, 15) is 4.79 Å². The molecular formula is C12H11ClN2O. The van der Waals surface area contributed by atoms with Crippen LogP contribution in [0.1, 0.15) is 16.1 Å². The van der Waals surface area contributed by atoms with Crippen molar-refractivity contribution in [2.45, 2.75) is 6.92 Å². The predicted octanol–water partition coefficient (Wildman–Crippen LogP) is 2.74. The normalized spacial score (nSPS) is 10.4. The van der Waals surface area contributed by atoms with Crippen molar-refractivity contribution in [3.63, 3.8) is 0 Å². The van der Waals surface area contributed by atoms with Gasteiger partial charge in [0.15, 0.2) is 0 Å². The van der Waals surface area contributed by atoms with Gasteiger partial charge in [0.2, 0.25) is 0 Å². The molecule has 0 bridgehead atoms. The highest BCUT2D eigenvalue weighted by atomic mass is 35.5. The average molecular weight is 235 g/mol. The van der Waals surface area contributed by atoms with Crippen LogP contribution in [0.25, 0.3) is 11.3 Å². The first-order valence-corrected chi connectivity index (χ1v) is 5.22. The molecule has 0 fully saturated rings. The first kappa shape index (κ1) is 10.8. The zero-order chi connectivity index (χ0) is 11.7. The highest BCUT2D eigenvalue weighted by molar-refractivity contribution is 6.36. The smallest absolute Gasteiger partial charge is 0.252 e. The number of aryl methyl sites for hydroxylation is 1. The molecular weight excluding hydrogens is 224 g/mol. The third-order valence-electron chi connectivity index (χ3n) is 2.44. The minimum Gasteiger partial charge on any atom is -0.365 e. The zero-order valence-corrected chi connectivity index (χ0v) is 9.51. The highest BCUT2D eigenvalue weighted by Gasteiger charge is 2.18. The van der Waals surface area contributed by atoms with Crippen LogP contribution in [0.2, 0.25) is 5.02 Å². The number of amides is 1. The molecule has 1 aromatic carbocycles. The van der Waals surface area contributed by atoms with Crippen LogP contribution < -0.4 is 5.73 Å². The van der Waals surface area contributed by atoms with E-state index in [4.69, 9.17) is 17.3 Å². The molecule has 0 unspecified atom stereocenters. The molecule has 0 radical (unpaired) electrons. The van der Waals surface area contributed by atoms with Crippen molar-refractivity contribution in [3.05, 3.63) is 46.6 Å². The van der Waals surface area contributed by atoms with Crippen molar-refractivity contribution in [3.8, 4) is 11.3 Å². The number of carbonyl (C=O) groups is 1. The first-order valence-electron chi connectivity index (χ1n) is 4.84. The number of hydrogen-bond acceptors (Lipinski definition) is 1. The Labute approximate surface area is 98.2 Å². The van der Waals surface area contributed by atoms with Crippen LogP contribution in [0.3, 0.4) is 0 Å². The lowest BCUT2D eigenvalue weighted by Gasteiger charge is -1.98. The number of H-pyrrole nitrogens is 1. The van der Waals surface area contributed by atoms with Gasteiger partial charge in [0.1, 0.15) is 0 Å². The van der Waals surface area contributed by atoms with Gasteiger partial charge in [-0.25, -0.2) is 0 Å². The number of carbonyl (C=O) groups excluding carboxylic acids is 1. The number of aromatic amines is 1. The summed E-state index contributed by atoms with van der Waals surface area (Å²) in [6, 6.07) is 9.57. The number of nitrogens with two attached hydrogens (primary N) is 1. The van der Waals surface area contributed by atoms with Crippen LogP contribution in [-0.4, -0.2) is 10.9 Å². The van der Waals surface area contributed by atoms with Crippen LogP contribution in [0.15, 0.2) is 30.3 Å². The summed E-state index contributed by atoms with van der Waals surface area (Å²) in [6.07, 6.45) is 0. The van der Waals surface area contributed by atoms with Gasteiger partial charge in [0.25, 0.3) is 5.91 Å². The Morgan fingerprint density at radius 2 is 1.94 bits per heavy atom. The summed E-state index contributed by atoms with van der Waals surface area (Å²) < 4.78 is 0. The number of benzene rings is 1. The van der Waals surface area contributed by atoms with Gasteiger partial charge in [-0.15, -0.1) is 0 Å². The molecule has 3 N–H and O–H groups in total. The quantitative estimate of drug-likeness (QED) is 0.825. The van der Waals surface area contributed by atoms with E-state index < -0.39 is 5.91 Å². The highest BCUT2D eigenvalue weighted by Crippen LogP contribution is 2.31. The van der Waals surface area contributed by atoms with Crippen molar-refractivity contribution < 1.29 is 4.79 Å². The fraction of sp³-hybridized carbons (Fsp3) is 0.0833. The van der Waals surface area contributed by atoms with Crippen molar-refractivity contribution in [2.75, 3.05) is 0 Å². The standard InChI is InChI=1S/C12H11ClN2O/c1-7-9(12(14)16)10(13)11(15-7)8-5-3-2-4-6-8/h2-6,15H,1H3,(H2,14,16). The number of hydrogen-bond donors (Lipinski definition) is 2. The monoisotopic (exact) mass is 234 g/mol. The fourth-order valence-electron chi connectivity index (χ4n) is 1.69. The number of primary amides is 1. The maximum absolute atomic E-state index is 11.2. The second-order valence-corrected chi connectivity index (χ2v) is 3.92. The number of aromatic nitrogens is 1. The molecule has 4 heteroatoms. The van der Waals surface area contributed by atoms with Crippen LogP contribution in [0.5, 0.6) is 0 Å². The Kier molecular flexibility index (Phi) is 2.71. The van der Waals surface area contributed by atoms with E-state index in [1.54, 1.807) is 6.92 Å². The van der Waals surface area contributed by atoms with E-state index in [2.05, 4.69) is 4.98 Å². The van der Waals surface area contributed by atoms with Crippen molar-refractivity contribution in [2.24, 2.45) is 5.73 Å². The third-order valence-corrected chi connectivity index (χ3v) is 2.81. The maximum Gasteiger partial charge on any atom is 0.252 e. The van der Waals surface area contributed by atoms with E-state index in [0.717, 1.165) is 11.3 Å². The molecule has 2 rings (SSSR count). The summed E-state index contributed by atoms with van der Waals surface area (Å²) in [6.45, 7) is 1.78. The zero-order valence-electron chi connectivity index (χ0n) is 8.75. The van der Waals surface area contributed by atoms with Crippen molar-refractivity contribution in [1.82, 2.24) is 4.98 Å². The number of halogens is 1. The SMILES string of the molecule is Cc1[nH]c(-c2ccccc2)c(Cl)c1C(N)=O. The van der Waals surface area contributed by atoms with Crippen LogP contribution in [0, 0.1) is 6.92 Å². The topological polar surface area (TPSA) is 58.9 Å². The molecule has 82 valence electrons. The second kappa shape index (κ2) is 4.02.